The van der Waals surface area contributed by atoms with E-state index in [1.54, 1.807) is 7.11 Å². The molecule has 0 bridgehead atoms. The number of ether oxygens (including phenoxy) is 2. The molecule has 0 fully saturated rings. The van der Waals surface area contributed by atoms with Gasteiger partial charge in [-0.25, -0.2) is 0 Å². The van der Waals surface area contributed by atoms with Crippen LogP contribution in [-0.4, -0.2) is 26.9 Å². The lowest BCUT2D eigenvalue weighted by atomic mass is 10.1. The van der Waals surface area contributed by atoms with E-state index in [-0.39, 0.29) is 0 Å². The first-order valence-electron chi connectivity index (χ1n) is 6.20. The number of aryl methyl sites for hydroxylation is 1. The third kappa shape index (κ3) is 5.20. The second-order valence-corrected chi connectivity index (χ2v) is 4.13. The van der Waals surface area contributed by atoms with Gasteiger partial charge in [0.1, 0.15) is 5.75 Å². The lowest BCUT2D eigenvalue weighted by molar-refractivity contribution is 0.199. The Labute approximate surface area is 104 Å². The zero-order valence-corrected chi connectivity index (χ0v) is 11.1. The van der Waals surface area contributed by atoms with Gasteiger partial charge in [-0.05, 0) is 19.4 Å². The Morgan fingerprint density at radius 3 is 2.76 bits per heavy atom. The largest absolute Gasteiger partial charge is 0.493 e. The summed E-state index contributed by atoms with van der Waals surface area (Å²) < 4.78 is 10.7. The zero-order chi connectivity index (χ0) is 12.5. The molecule has 0 aliphatic rings. The lowest BCUT2D eigenvalue weighted by Crippen LogP contribution is -2.19. The average Bonchev–Trinajstić information content (AvgIpc) is 2.33. The van der Waals surface area contributed by atoms with Crippen LogP contribution < -0.4 is 10.1 Å². The summed E-state index contributed by atoms with van der Waals surface area (Å²) in [6.07, 6.45) is 1.03. The van der Waals surface area contributed by atoms with Crippen LogP contribution in [0.25, 0.3) is 0 Å². The fourth-order valence-electron chi connectivity index (χ4n) is 1.60. The zero-order valence-electron chi connectivity index (χ0n) is 11.1. The molecular formula is C14H23NO2. The van der Waals surface area contributed by atoms with Crippen molar-refractivity contribution in [2.45, 2.75) is 26.8 Å². The van der Waals surface area contributed by atoms with Crippen LogP contribution in [0.1, 0.15) is 24.5 Å². The van der Waals surface area contributed by atoms with Crippen molar-refractivity contribution >= 4 is 0 Å². The number of hydrogen-bond donors (Lipinski definition) is 1. The van der Waals surface area contributed by atoms with Crippen LogP contribution in [0.2, 0.25) is 0 Å². The second-order valence-electron chi connectivity index (χ2n) is 4.13. The van der Waals surface area contributed by atoms with Crippen LogP contribution in [0.3, 0.4) is 0 Å². The van der Waals surface area contributed by atoms with Crippen LogP contribution >= 0.6 is 0 Å². The Morgan fingerprint density at radius 2 is 2.06 bits per heavy atom. The number of nitrogens with one attached hydrogen (secondary N) is 1. The standard InChI is InChI=1S/C14H23NO2/c1-4-8-17-14-6-5-12(2)10-13(14)11-15-7-9-16-3/h5-6,10,15H,4,7-9,11H2,1-3H3. The van der Waals surface area contributed by atoms with Gasteiger partial charge in [0.2, 0.25) is 0 Å². The van der Waals surface area contributed by atoms with Crippen molar-refractivity contribution < 1.29 is 9.47 Å². The predicted molar refractivity (Wildman–Crippen MR) is 70.5 cm³/mol. The maximum absolute atomic E-state index is 5.73. The topological polar surface area (TPSA) is 30.5 Å². The highest BCUT2D eigenvalue weighted by Gasteiger charge is 2.03. The van der Waals surface area contributed by atoms with Gasteiger partial charge in [-0.2, -0.15) is 0 Å². The first-order chi connectivity index (χ1) is 8.27. The molecule has 3 heteroatoms. The second kappa shape index (κ2) is 8.09. The normalized spacial score (nSPS) is 10.5. The van der Waals surface area contributed by atoms with Crippen molar-refractivity contribution in [2.75, 3.05) is 26.9 Å². The van der Waals surface area contributed by atoms with E-state index in [9.17, 15) is 0 Å². The van der Waals surface area contributed by atoms with E-state index in [1.807, 2.05) is 0 Å². The quantitative estimate of drug-likeness (QED) is 0.705. The molecule has 0 saturated heterocycles. The van der Waals surface area contributed by atoms with E-state index in [1.165, 1.54) is 11.1 Å². The van der Waals surface area contributed by atoms with Crippen LogP contribution in [0.15, 0.2) is 18.2 Å². The Kier molecular flexibility index (Phi) is 6.67. The minimum Gasteiger partial charge on any atom is -0.493 e. The molecule has 0 atom stereocenters. The van der Waals surface area contributed by atoms with Gasteiger partial charge in [-0.15, -0.1) is 0 Å². The molecule has 0 radical (unpaired) electrons. The molecule has 0 spiro atoms. The van der Waals surface area contributed by atoms with Gasteiger partial charge >= 0.3 is 0 Å². The molecule has 0 unspecified atom stereocenters. The van der Waals surface area contributed by atoms with Gasteiger partial charge in [-0.3, -0.25) is 0 Å². The fourth-order valence-corrected chi connectivity index (χ4v) is 1.60. The first-order valence-corrected chi connectivity index (χ1v) is 6.20. The van der Waals surface area contributed by atoms with E-state index in [4.69, 9.17) is 9.47 Å². The summed E-state index contributed by atoms with van der Waals surface area (Å²) in [6.45, 7) is 7.40. The maximum Gasteiger partial charge on any atom is 0.123 e. The van der Waals surface area contributed by atoms with E-state index in [0.717, 1.165) is 38.5 Å². The van der Waals surface area contributed by atoms with E-state index < -0.39 is 0 Å². The predicted octanol–water partition coefficient (Wildman–Crippen LogP) is 2.52. The van der Waals surface area contributed by atoms with Crippen molar-refractivity contribution in [2.24, 2.45) is 0 Å². The van der Waals surface area contributed by atoms with Gasteiger partial charge in [0.15, 0.2) is 0 Å². The Morgan fingerprint density at radius 1 is 1.24 bits per heavy atom. The number of hydrogen-bond acceptors (Lipinski definition) is 3. The molecule has 96 valence electrons. The van der Waals surface area contributed by atoms with Crippen LogP contribution in [0.4, 0.5) is 0 Å². The van der Waals surface area contributed by atoms with Crippen molar-refractivity contribution in [3.05, 3.63) is 29.3 Å². The minimum absolute atomic E-state index is 0.733. The highest BCUT2D eigenvalue weighted by atomic mass is 16.5. The summed E-state index contributed by atoms with van der Waals surface area (Å²) in [4.78, 5) is 0. The fraction of sp³-hybridized carbons (Fsp3) is 0.571. The summed E-state index contributed by atoms with van der Waals surface area (Å²) in [5.41, 5.74) is 2.48. The molecule has 1 aromatic carbocycles. The molecule has 1 N–H and O–H groups in total. The third-order valence-corrected chi connectivity index (χ3v) is 2.48. The number of rotatable bonds is 8. The maximum atomic E-state index is 5.73. The van der Waals surface area contributed by atoms with Crippen molar-refractivity contribution in [1.82, 2.24) is 5.32 Å². The van der Waals surface area contributed by atoms with Gasteiger partial charge < -0.3 is 14.8 Å². The molecule has 0 amide bonds. The summed E-state index contributed by atoms with van der Waals surface area (Å²) in [5.74, 6) is 0.988. The van der Waals surface area contributed by atoms with Crippen LogP contribution in [0, 0.1) is 6.92 Å². The molecule has 0 aliphatic carbocycles. The lowest BCUT2D eigenvalue weighted by Gasteiger charge is -2.12. The molecule has 1 rings (SSSR count). The molecular weight excluding hydrogens is 214 g/mol. The molecule has 1 aromatic rings. The molecule has 0 saturated carbocycles. The minimum atomic E-state index is 0.733. The van der Waals surface area contributed by atoms with E-state index in [0.29, 0.717) is 0 Å². The number of methoxy groups -OCH3 is 1. The average molecular weight is 237 g/mol. The van der Waals surface area contributed by atoms with Gasteiger partial charge in [0.25, 0.3) is 0 Å². The van der Waals surface area contributed by atoms with Crippen molar-refractivity contribution in [3.63, 3.8) is 0 Å². The highest BCUT2D eigenvalue weighted by molar-refractivity contribution is 5.36. The third-order valence-electron chi connectivity index (χ3n) is 2.48. The molecule has 0 heterocycles. The Bertz CT molecular complexity index is 326. The van der Waals surface area contributed by atoms with Gasteiger partial charge in [-0.1, -0.05) is 24.6 Å². The summed E-state index contributed by atoms with van der Waals surface area (Å²) in [5, 5.41) is 3.34. The van der Waals surface area contributed by atoms with Crippen molar-refractivity contribution in [1.29, 1.82) is 0 Å². The van der Waals surface area contributed by atoms with Gasteiger partial charge in [0.05, 0.1) is 13.2 Å². The first kappa shape index (κ1) is 14.0. The van der Waals surface area contributed by atoms with Crippen molar-refractivity contribution in [3.8, 4) is 5.75 Å². The summed E-state index contributed by atoms with van der Waals surface area (Å²) in [6, 6.07) is 6.31. The van der Waals surface area contributed by atoms with Gasteiger partial charge in [0, 0.05) is 25.8 Å². The van der Waals surface area contributed by atoms with Crippen LogP contribution in [0.5, 0.6) is 5.75 Å². The highest BCUT2D eigenvalue weighted by Crippen LogP contribution is 2.20. The van der Waals surface area contributed by atoms with E-state index in [2.05, 4.69) is 37.4 Å². The summed E-state index contributed by atoms with van der Waals surface area (Å²) in [7, 11) is 1.71. The number of benzene rings is 1. The summed E-state index contributed by atoms with van der Waals surface area (Å²) >= 11 is 0. The molecule has 0 aromatic heterocycles. The molecule has 3 nitrogen and oxygen atoms in total. The van der Waals surface area contributed by atoms with E-state index >= 15 is 0 Å². The molecule has 0 aliphatic heterocycles. The smallest absolute Gasteiger partial charge is 0.123 e. The Balaban J connectivity index is 2.56. The van der Waals surface area contributed by atoms with Crippen LogP contribution in [-0.2, 0) is 11.3 Å². The Hall–Kier alpha value is -1.06. The monoisotopic (exact) mass is 237 g/mol. The molecule has 17 heavy (non-hydrogen) atoms. The SMILES string of the molecule is CCCOc1ccc(C)cc1CNCCOC.